The van der Waals surface area contributed by atoms with Crippen molar-refractivity contribution in [2.45, 2.75) is 51.7 Å². The van der Waals surface area contributed by atoms with E-state index < -0.39 is 0 Å². The number of aromatic nitrogens is 1. The molecular weight excluding hydrogens is 278 g/mol. The zero-order valence-corrected chi connectivity index (χ0v) is 13.3. The van der Waals surface area contributed by atoms with E-state index in [-0.39, 0.29) is 12.2 Å². The predicted octanol–water partition coefficient (Wildman–Crippen LogP) is 3.47. The summed E-state index contributed by atoms with van der Waals surface area (Å²) in [5.74, 6) is 4.28. The molecule has 0 aromatic carbocycles. The fourth-order valence-electron chi connectivity index (χ4n) is 2.26. The first-order valence-electron chi connectivity index (χ1n) is 7.64. The van der Waals surface area contributed by atoms with E-state index in [1.165, 1.54) is 0 Å². The summed E-state index contributed by atoms with van der Waals surface area (Å²) in [4.78, 5) is 4.41. The molecule has 2 rings (SSSR count). The lowest BCUT2D eigenvalue weighted by Crippen LogP contribution is -2.39. The van der Waals surface area contributed by atoms with E-state index in [9.17, 15) is 0 Å². The Morgan fingerprint density at radius 1 is 1.36 bits per heavy atom. The smallest absolute Gasteiger partial charge is 0.138 e. The third kappa shape index (κ3) is 5.33. The first kappa shape index (κ1) is 16.2. The van der Waals surface area contributed by atoms with Crippen molar-refractivity contribution in [3.05, 3.63) is 36.4 Å². The lowest BCUT2D eigenvalue weighted by molar-refractivity contribution is -0.0302. The summed E-state index contributed by atoms with van der Waals surface area (Å²) in [5.41, 5.74) is 1.04. The third-order valence-electron chi connectivity index (χ3n) is 3.37. The summed E-state index contributed by atoms with van der Waals surface area (Å²) < 4.78 is 16.5. The molecule has 1 aromatic rings. The fourth-order valence-corrected chi connectivity index (χ4v) is 2.26. The van der Waals surface area contributed by atoms with E-state index in [0.29, 0.717) is 6.61 Å². The van der Waals surface area contributed by atoms with Crippen molar-refractivity contribution in [1.82, 2.24) is 4.98 Å². The van der Waals surface area contributed by atoms with Gasteiger partial charge in [-0.15, -0.1) is 0 Å². The molecule has 1 heterocycles. The Morgan fingerprint density at radius 3 is 2.82 bits per heavy atom. The molecule has 0 amide bonds. The second-order valence-electron chi connectivity index (χ2n) is 5.44. The summed E-state index contributed by atoms with van der Waals surface area (Å²) in [7, 11) is 0. The van der Waals surface area contributed by atoms with Crippen molar-refractivity contribution in [2.24, 2.45) is 0 Å². The number of rotatable bonds is 8. The van der Waals surface area contributed by atoms with Crippen LogP contribution in [0.1, 0.15) is 38.8 Å². The molecule has 1 aliphatic rings. The van der Waals surface area contributed by atoms with Crippen LogP contribution < -0.4 is 4.74 Å². The molecule has 4 heteroatoms. The van der Waals surface area contributed by atoms with Crippen LogP contribution in [0, 0.1) is 12.0 Å². The van der Waals surface area contributed by atoms with Crippen molar-refractivity contribution < 1.29 is 14.2 Å². The molecule has 0 bridgehead atoms. The van der Waals surface area contributed by atoms with Crippen molar-refractivity contribution in [3.8, 4) is 17.8 Å². The van der Waals surface area contributed by atoms with E-state index >= 15 is 0 Å². The van der Waals surface area contributed by atoms with E-state index in [4.69, 9.17) is 14.2 Å². The van der Waals surface area contributed by atoms with Gasteiger partial charge < -0.3 is 14.2 Å². The Labute approximate surface area is 132 Å². The van der Waals surface area contributed by atoms with Crippen LogP contribution in [0.4, 0.5) is 0 Å². The quantitative estimate of drug-likeness (QED) is 0.419. The van der Waals surface area contributed by atoms with Crippen molar-refractivity contribution in [3.63, 3.8) is 0 Å². The highest BCUT2D eigenvalue weighted by Gasteiger charge is 2.32. The van der Waals surface area contributed by atoms with Gasteiger partial charge >= 0.3 is 0 Å². The van der Waals surface area contributed by atoms with Gasteiger partial charge in [-0.3, -0.25) is 4.98 Å². The highest BCUT2D eigenvalue weighted by atomic mass is 16.5. The highest BCUT2D eigenvalue weighted by Crippen LogP contribution is 2.29. The largest absolute Gasteiger partial charge is 0.495 e. The molecule has 0 saturated heterocycles. The van der Waals surface area contributed by atoms with Gasteiger partial charge in [-0.1, -0.05) is 12.5 Å². The number of pyridine rings is 1. The fraction of sp³-hybridized carbons (Fsp3) is 0.500. The first-order chi connectivity index (χ1) is 10.7. The highest BCUT2D eigenvalue weighted by molar-refractivity contribution is 5.20. The maximum atomic E-state index is 5.86. The average molecular weight is 301 g/mol. The van der Waals surface area contributed by atoms with Gasteiger partial charge in [-0.2, -0.15) is 0 Å². The minimum absolute atomic E-state index is 0.220. The molecule has 1 fully saturated rings. The summed E-state index contributed by atoms with van der Waals surface area (Å²) in [6.07, 6.45) is 8.45. The minimum atomic E-state index is 0.220. The number of nitrogens with zero attached hydrogens (tertiary/aromatic N) is 1. The Kier molecular flexibility index (Phi) is 6.14. The summed E-state index contributed by atoms with van der Waals surface area (Å²) >= 11 is 0. The van der Waals surface area contributed by atoms with Crippen LogP contribution in [0.25, 0.3) is 0 Å². The van der Waals surface area contributed by atoms with Gasteiger partial charge in [0, 0.05) is 25.5 Å². The van der Waals surface area contributed by atoms with Gasteiger partial charge in [-0.25, -0.2) is 0 Å². The Morgan fingerprint density at radius 2 is 2.18 bits per heavy atom. The molecule has 1 aromatic heterocycles. The van der Waals surface area contributed by atoms with Crippen LogP contribution in [-0.4, -0.2) is 23.8 Å². The summed E-state index contributed by atoms with van der Waals surface area (Å²) in [5, 5.41) is 0. The lowest BCUT2D eigenvalue weighted by atomic mass is 9.92. The normalized spacial score (nSPS) is 19.4. The molecule has 118 valence electrons. The van der Waals surface area contributed by atoms with Crippen LogP contribution in [-0.2, 0) is 15.9 Å². The third-order valence-corrected chi connectivity index (χ3v) is 3.37. The van der Waals surface area contributed by atoms with Crippen molar-refractivity contribution in [1.29, 1.82) is 0 Å². The zero-order valence-electron chi connectivity index (χ0n) is 13.3. The zero-order chi connectivity index (χ0) is 15.8. The molecule has 1 aliphatic carbocycles. The number of allylic oxidation sites excluding steroid dienone is 1. The molecule has 0 aliphatic heterocycles. The molecule has 4 nitrogen and oxygen atoms in total. The maximum Gasteiger partial charge on any atom is 0.138 e. The number of ether oxygens (including phenoxy) is 3. The first-order valence-corrected chi connectivity index (χ1v) is 7.64. The second kappa shape index (κ2) is 8.33. The Balaban J connectivity index is 1.66. The monoisotopic (exact) mass is 301 g/mol. The van der Waals surface area contributed by atoms with Crippen LogP contribution in [0.15, 0.2) is 30.7 Å². The van der Waals surface area contributed by atoms with Crippen LogP contribution >= 0.6 is 0 Å². The van der Waals surface area contributed by atoms with Gasteiger partial charge in [0.1, 0.15) is 30.7 Å². The molecule has 1 saturated carbocycles. The number of hydrogen-bond acceptors (Lipinski definition) is 4. The average Bonchev–Trinajstić information content (AvgIpc) is 2.46. The van der Waals surface area contributed by atoms with Gasteiger partial charge in [-0.05, 0) is 31.9 Å². The van der Waals surface area contributed by atoms with Crippen LogP contribution in [0.3, 0.4) is 0 Å². The van der Waals surface area contributed by atoms with Gasteiger partial charge in [0.05, 0.1) is 12.0 Å². The molecule has 0 N–H and O–H groups in total. The molecule has 0 unspecified atom stereocenters. The standard InChI is InChI=1S/C18H23NO3/c1-4-9-20-10-5-6-15-7-8-16(13-19-15)22-18-11-17(12-18)21-14(2)3/h7-8,13,17-18H,2,5-6,10-12H2,1,3H3. The molecule has 22 heavy (non-hydrogen) atoms. The number of aryl methyl sites for hydroxylation is 1. The summed E-state index contributed by atoms with van der Waals surface area (Å²) in [6, 6.07) is 3.98. The van der Waals surface area contributed by atoms with Crippen LogP contribution in [0.5, 0.6) is 5.75 Å². The lowest BCUT2D eigenvalue weighted by Gasteiger charge is -2.35. The van der Waals surface area contributed by atoms with E-state index in [2.05, 4.69) is 23.6 Å². The van der Waals surface area contributed by atoms with Gasteiger partial charge in [0.25, 0.3) is 0 Å². The minimum Gasteiger partial charge on any atom is -0.495 e. The van der Waals surface area contributed by atoms with Crippen molar-refractivity contribution in [2.75, 3.05) is 6.61 Å². The molecule has 0 spiro atoms. The second-order valence-corrected chi connectivity index (χ2v) is 5.44. The van der Waals surface area contributed by atoms with Crippen LogP contribution in [0.2, 0.25) is 0 Å². The van der Waals surface area contributed by atoms with E-state index in [1.54, 1.807) is 13.1 Å². The predicted molar refractivity (Wildman–Crippen MR) is 85.3 cm³/mol. The SMILES string of the molecule is C=C(C)OC1CC(Oc2ccc(CCCOC#CC)nc2)C1. The Hall–Kier alpha value is -2.15. The molecular formula is C18H23NO3. The van der Waals surface area contributed by atoms with Crippen molar-refractivity contribution >= 4 is 0 Å². The number of hydrogen-bond donors (Lipinski definition) is 0. The topological polar surface area (TPSA) is 40.6 Å². The van der Waals surface area contributed by atoms with E-state index in [0.717, 1.165) is 42.9 Å². The Bertz CT molecular complexity index is 536. The maximum absolute atomic E-state index is 5.86. The van der Waals surface area contributed by atoms with E-state index in [1.807, 2.05) is 19.1 Å². The van der Waals surface area contributed by atoms with Gasteiger partial charge in [0.15, 0.2) is 0 Å². The molecule has 0 radical (unpaired) electrons. The molecule has 0 atom stereocenters. The van der Waals surface area contributed by atoms with Gasteiger partial charge in [0.2, 0.25) is 0 Å². The summed E-state index contributed by atoms with van der Waals surface area (Å²) in [6.45, 7) is 8.01.